The fourth-order valence-electron chi connectivity index (χ4n) is 0.862. The van der Waals surface area contributed by atoms with Gasteiger partial charge in [-0.3, -0.25) is 9.59 Å². The molecule has 0 radical (unpaired) electrons. The lowest BCUT2D eigenvalue weighted by Crippen LogP contribution is -2.59. The van der Waals surface area contributed by atoms with Gasteiger partial charge in [-0.05, 0) is 6.92 Å². The first-order valence-electron chi connectivity index (χ1n) is 4.44. The van der Waals surface area contributed by atoms with Crippen molar-refractivity contribution in [2.24, 2.45) is 0 Å². The van der Waals surface area contributed by atoms with Crippen molar-refractivity contribution < 1.29 is 40.3 Å². The number of hydrogen-bond acceptors (Lipinski definition) is 4. The Kier molecular flexibility index (Phi) is 5.37. The van der Waals surface area contributed by atoms with Crippen LogP contribution in [0.3, 0.4) is 0 Å². The van der Waals surface area contributed by atoms with Crippen LogP contribution in [-0.2, 0) is 9.59 Å². The number of thiol groups is 2. The molecule has 0 aromatic rings. The highest BCUT2D eigenvalue weighted by atomic mass is 32.1. The fourth-order valence-corrected chi connectivity index (χ4v) is 1.51. The zero-order valence-corrected chi connectivity index (χ0v) is 10.8. The van der Waals surface area contributed by atoms with Gasteiger partial charge in [-0.1, -0.05) is 0 Å². The van der Waals surface area contributed by atoms with Crippen LogP contribution in [-0.4, -0.2) is 40.1 Å². The van der Waals surface area contributed by atoms with Crippen molar-refractivity contribution >= 4 is 36.8 Å². The first kappa shape index (κ1) is 18.6. The van der Waals surface area contributed by atoms with Gasteiger partial charge >= 0.3 is 18.0 Å². The summed E-state index contributed by atoms with van der Waals surface area (Å²) in [6.07, 6.45) is -6.64. The average Bonchev–Trinajstić information content (AvgIpc) is 2.23. The summed E-state index contributed by atoms with van der Waals surface area (Å²) in [6.45, 7) is 1.02. The second-order valence-corrected chi connectivity index (χ2v) is 4.78. The zero-order valence-electron chi connectivity index (χ0n) is 9.01. The fraction of sp³-hybridized carbons (Fsp3) is 0.750. The minimum atomic E-state index is -6.64. The lowest BCUT2D eigenvalue weighted by molar-refractivity contribution is -0.343. The number of hydrogen-bond donors (Lipinski definition) is 2. The lowest BCUT2D eigenvalue weighted by atomic mass is 10.0. The zero-order chi connectivity index (χ0) is 15.8. The van der Waals surface area contributed by atoms with Gasteiger partial charge in [0, 0.05) is 0 Å². The maximum Gasteiger partial charge on any atom is 0.460 e. The van der Waals surface area contributed by atoms with Gasteiger partial charge in [-0.25, -0.2) is 0 Å². The van der Waals surface area contributed by atoms with Crippen LogP contribution in [0.15, 0.2) is 0 Å². The van der Waals surface area contributed by atoms with E-state index >= 15 is 0 Å². The minimum Gasteiger partial charge on any atom is -0.297 e. The predicted molar refractivity (Wildman–Crippen MR) is 57.2 cm³/mol. The van der Waals surface area contributed by atoms with E-state index in [2.05, 4.69) is 25.3 Å². The SMILES string of the molecule is CC(S)C(=O)C(S)C(=O)C(F)(F)C(F)(F)C(F)(F)F. The number of rotatable bonds is 5. The van der Waals surface area contributed by atoms with Crippen molar-refractivity contribution in [2.45, 2.75) is 35.4 Å². The second kappa shape index (κ2) is 5.51. The molecule has 2 unspecified atom stereocenters. The van der Waals surface area contributed by atoms with Crippen LogP contribution < -0.4 is 0 Å². The molecule has 112 valence electrons. The van der Waals surface area contributed by atoms with E-state index in [1.54, 1.807) is 0 Å². The van der Waals surface area contributed by atoms with E-state index in [1.807, 2.05) is 0 Å². The van der Waals surface area contributed by atoms with Crippen LogP contribution in [0.2, 0.25) is 0 Å². The van der Waals surface area contributed by atoms with E-state index in [-0.39, 0.29) is 0 Å². The molecule has 0 rings (SSSR count). The summed E-state index contributed by atoms with van der Waals surface area (Å²) in [6, 6.07) is 0. The molecule has 19 heavy (non-hydrogen) atoms. The smallest absolute Gasteiger partial charge is 0.297 e. The largest absolute Gasteiger partial charge is 0.460 e. The summed E-state index contributed by atoms with van der Waals surface area (Å²) in [4.78, 5) is 22.0. The molecule has 0 aromatic carbocycles. The third-order valence-corrected chi connectivity index (χ3v) is 2.73. The highest BCUT2D eigenvalue weighted by Gasteiger charge is 2.76. The van der Waals surface area contributed by atoms with Gasteiger partial charge in [0.05, 0.1) is 5.25 Å². The highest BCUT2D eigenvalue weighted by Crippen LogP contribution is 2.47. The van der Waals surface area contributed by atoms with E-state index in [4.69, 9.17) is 0 Å². The number of carbonyl (C=O) groups is 2. The molecular weight excluding hydrogens is 325 g/mol. The normalized spacial score (nSPS) is 16.9. The summed E-state index contributed by atoms with van der Waals surface area (Å²) in [5.41, 5.74) is 0. The van der Waals surface area contributed by atoms with Crippen LogP contribution >= 0.6 is 25.3 Å². The predicted octanol–water partition coefficient (Wildman–Crippen LogP) is 2.57. The first-order chi connectivity index (χ1) is 8.18. The van der Waals surface area contributed by atoms with E-state index < -0.39 is 40.1 Å². The van der Waals surface area contributed by atoms with Crippen molar-refractivity contribution in [1.82, 2.24) is 0 Å². The molecule has 2 nitrogen and oxygen atoms in total. The molecule has 0 fully saturated rings. The van der Waals surface area contributed by atoms with E-state index in [0.29, 0.717) is 0 Å². The highest BCUT2D eigenvalue weighted by molar-refractivity contribution is 7.84. The Morgan fingerprint density at radius 1 is 0.947 bits per heavy atom. The third kappa shape index (κ3) is 3.36. The topological polar surface area (TPSA) is 34.1 Å². The molecule has 0 heterocycles. The number of ketones is 2. The summed E-state index contributed by atoms with van der Waals surface area (Å²) < 4.78 is 86.3. The Labute approximate surface area is 113 Å². The molecule has 2 atom stereocenters. The second-order valence-electron chi connectivity index (χ2n) is 3.49. The maximum atomic E-state index is 12.9. The first-order valence-corrected chi connectivity index (χ1v) is 5.47. The lowest BCUT2D eigenvalue weighted by Gasteiger charge is -2.28. The van der Waals surface area contributed by atoms with Gasteiger partial charge in [-0.15, -0.1) is 0 Å². The molecule has 0 spiro atoms. The third-order valence-electron chi connectivity index (χ3n) is 1.99. The summed E-state index contributed by atoms with van der Waals surface area (Å²) >= 11 is 6.50. The van der Waals surface area contributed by atoms with Gasteiger partial charge < -0.3 is 0 Å². The van der Waals surface area contributed by atoms with Crippen LogP contribution in [0, 0.1) is 0 Å². The molecule has 0 saturated carbocycles. The molecule has 0 aliphatic heterocycles. The van der Waals surface area contributed by atoms with Crippen LogP contribution in [0.5, 0.6) is 0 Å². The van der Waals surface area contributed by atoms with Crippen molar-refractivity contribution in [3.63, 3.8) is 0 Å². The molecule has 0 N–H and O–H groups in total. The number of halogens is 7. The number of carbonyl (C=O) groups excluding carboxylic acids is 2. The van der Waals surface area contributed by atoms with Crippen LogP contribution in [0.25, 0.3) is 0 Å². The Morgan fingerprint density at radius 2 is 1.32 bits per heavy atom. The standard InChI is InChI=1S/C8H7F7O2S2/c1-2(18)3(16)4(19)5(17)6(9,10)7(11,12)8(13,14)15/h2,4,18-19H,1H3. The molecule has 0 aliphatic carbocycles. The molecule has 0 aliphatic rings. The van der Waals surface area contributed by atoms with Crippen LogP contribution in [0.1, 0.15) is 6.92 Å². The Morgan fingerprint density at radius 3 is 1.58 bits per heavy atom. The van der Waals surface area contributed by atoms with Crippen molar-refractivity contribution in [3.05, 3.63) is 0 Å². The number of Topliss-reactive ketones (excluding diaryl/α,β-unsaturated/α-hetero) is 2. The Balaban J connectivity index is 5.45. The number of alkyl halides is 7. The van der Waals surface area contributed by atoms with Gasteiger partial charge in [0.25, 0.3) is 0 Å². The van der Waals surface area contributed by atoms with E-state index in [1.165, 1.54) is 0 Å². The monoisotopic (exact) mass is 332 g/mol. The summed E-state index contributed by atoms with van der Waals surface area (Å²) in [5.74, 6) is -17.0. The molecule has 0 bridgehead atoms. The molecular formula is C8H7F7O2S2. The molecule has 0 amide bonds. The Bertz CT molecular complexity index is 378. The maximum absolute atomic E-state index is 12.9. The van der Waals surface area contributed by atoms with Gasteiger partial charge in [0.1, 0.15) is 5.25 Å². The average molecular weight is 332 g/mol. The van der Waals surface area contributed by atoms with Crippen LogP contribution in [0.4, 0.5) is 30.7 Å². The summed E-state index contributed by atoms with van der Waals surface area (Å²) in [5, 5.41) is -3.96. The minimum absolute atomic E-state index is 1.02. The van der Waals surface area contributed by atoms with Crippen molar-refractivity contribution in [1.29, 1.82) is 0 Å². The van der Waals surface area contributed by atoms with Gasteiger partial charge in [0.15, 0.2) is 5.78 Å². The van der Waals surface area contributed by atoms with Gasteiger partial charge in [0.2, 0.25) is 5.78 Å². The quantitative estimate of drug-likeness (QED) is 0.461. The molecule has 0 aromatic heterocycles. The van der Waals surface area contributed by atoms with Gasteiger partial charge in [-0.2, -0.15) is 56.0 Å². The van der Waals surface area contributed by atoms with E-state index in [0.717, 1.165) is 6.92 Å². The summed E-state index contributed by atoms with van der Waals surface area (Å²) in [7, 11) is 0. The molecule has 0 saturated heterocycles. The van der Waals surface area contributed by atoms with Crippen molar-refractivity contribution in [3.8, 4) is 0 Å². The van der Waals surface area contributed by atoms with Crippen molar-refractivity contribution in [2.75, 3.05) is 0 Å². The molecule has 11 heteroatoms. The van der Waals surface area contributed by atoms with E-state index in [9.17, 15) is 40.3 Å². The Hall–Kier alpha value is -0.450.